The van der Waals surface area contributed by atoms with Gasteiger partial charge in [-0.1, -0.05) is 0 Å². The molecule has 2 N–H and O–H groups in total. The fourth-order valence-electron chi connectivity index (χ4n) is 4.86. The number of nitrogens with one attached hydrogen (secondary N) is 2. The number of fused-ring (bicyclic) bond motifs is 2. The van der Waals surface area contributed by atoms with E-state index in [4.69, 9.17) is 4.98 Å². The molecule has 2 fully saturated rings. The van der Waals surface area contributed by atoms with Gasteiger partial charge in [0.2, 0.25) is 5.95 Å². The van der Waals surface area contributed by atoms with E-state index in [1.807, 2.05) is 36.0 Å². The topological polar surface area (TPSA) is 85.0 Å². The molecule has 1 spiro atoms. The molecule has 0 aromatic carbocycles. The molecular weight excluding hydrogens is 364 g/mol. The second-order valence-electron chi connectivity index (χ2n) is 8.44. The highest BCUT2D eigenvalue weighted by Crippen LogP contribution is 2.45. The van der Waals surface area contributed by atoms with Crippen LogP contribution < -0.4 is 10.6 Å². The largest absolute Gasteiger partial charge is 0.350 e. The zero-order valence-corrected chi connectivity index (χ0v) is 16.7. The number of hydrogen-bond acceptors (Lipinski definition) is 6. The number of pyridine rings is 1. The normalized spacial score (nSPS) is 18.3. The molecule has 1 aliphatic heterocycles. The molecule has 4 aromatic rings. The SMILES string of the molecule is CCn1c(C)nc2ccc(-c3ccn4nc(NC5CC6(CNC6)C5)ncc34)nc21. The summed E-state index contributed by atoms with van der Waals surface area (Å²) < 4.78 is 4.02. The van der Waals surface area contributed by atoms with Gasteiger partial charge in [0.05, 0.1) is 17.4 Å². The average Bonchev–Trinajstić information content (AvgIpc) is 3.21. The molecule has 5 heterocycles. The first-order chi connectivity index (χ1) is 14.1. The van der Waals surface area contributed by atoms with Gasteiger partial charge in [-0.3, -0.25) is 0 Å². The molecule has 1 aliphatic carbocycles. The predicted molar refractivity (Wildman–Crippen MR) is 112 cm³/mol. The predicted octanol–water partition coefficient (Wildman–Crippen LogP) is 2.63. The van der Waals surface area contributed by atoms with Crippen molar-refractivity contribution in [3.05, 3.63) is 36.4 Å². The van der Waals surface area contributed by atoms with Crippen molar-refractivity contribution in [3.8, 4) is 11.3 Å². The van der Waals surface area contributed by atoms with Crippen molar-refractivity contribution >= 4 is 22.6 Å². The summed E-state index contributed by atoms with van der Waals surface area (Å²) in [5.74, 6) is 1.68. The fraction of sp³-hybridized carbons (Fsp3) is 0.429. The molecule has 8 nitrogen and oxygen atoms in total. The van der Waals surface area contributed by atoms with Gasteiger partial charge in [0.1, 0.15) is 11.3 Å². The van der Waals surface area contributed by atoms with E-state index in [1.165, 1.54) is 12.8 Å². The third-order valence-corrected chi connectivity index (χ3v) is 6.48. The highest BCUT2D eigenvalue weighted by atomic mass is 15.3. The molecule has 4 aromatic heterocycles. The van der Waals surface area contributed by atoms with E-state index in [0.717, 1.165) is 53.4 Å². The lowest BCUT2D eigenvalue weighted by atomic mass is 9.62. The van der Waals surface area contributed by atoms with Gasteiger partial charge in [0.25, 0.3) is 0 Å². The van der Waals surface area contributed by atoms with Gasteiger partial charge in [-0.25, -0.2) is 19.5 Å². The van der Waals surface area contributed by atoms with Crippen LogP contribution in [0.2, 0.25) is 0 Å². The average molecular weight is 388 g/mol. The van der Waals surface area contributed by atoms with Crippen molar-refractivity contribution in [2.75, 3.05) is 18.4 Å². The lowest BCUT2D eigenvalue weighted by Gasteiger charge is -2.54. The van der Waals surface area contributed by atoms with Crippen LogP contribution in [0.5, 0.6) is 0 Å². The Kier molecular flexibility index (Phi) is 3.50. The Bertz CT molecular complexity index is 1220. The Morgan fingerprint density at radius 1 is 1.21 bits per heavy atom. The number of rotatable bonds is 4. The Balaban J connectivity index is 1.30. The van der Waals surface area contributed by atoms with Crippen LogP contribution in [0.3, 0.4) is 0 Å². The van der Waals surface area contributed by atoms with Crippen molar-refractivity contribution in [1.82, 2.24) is 34.4 Å². The third-order valence-electron chi connectivity index (χ3n) is 6.48. The van der Waals surface area contributed by atoms with Crippen LogP contribution in [-0.2, 0) is 6.54 Å². The van der Waals surface area contributed by atoms with E-state index in [1.54, 1.807) is 0 Å². The van der Waals surface area contributed by atoms with Crippen molar-refractivity contribution in [2.24, 2.45) is 5.41 Å². The smallest absolute Gasteiger partial charge is 0.241 e. The summed E-state index contributed by atoms with van der Waals surface area (Å²) >= 11 is 0. The van der Waals surface area contributed by atoms with E-state index < -0.39 is 0 Å². The standard InChI is InChI=1S/C21H24N8/c1-3-28-13(2)24-17-5-4-16(26-19(17)28)15-6-7-29-18(15)10-23-20(27-29)25-14-8-21(9-14)11-22-12-21/h4-7,10,14,22H,3,8-9,11-12H2,1-2H3,(H,25,27). The number of anilines is 1. The molecule has 0 amide bonds. The van der Waals surface area contributed by atoms with Gasteiger partial charge in [0, 0.05) is 37.4 Å². The lowest BCUT2D eigenvalue weighted by Crippen LogP contribution is -2.63. The summed E-state index contributed by atoms with van der Waals surface area (Å²) in [6.07, 6.45) is 6.27. The van der Waals surface area contributed by atoms with Crippen molar-refractivity contribution < 1.29 is 0 Å². The molecule has 0 atom stereocenters. The molecule has 29 heavy (non-hydrogen) atoms. The molecule has 8 heteroatoms. The van der Waals surface area contributed by atoms with Gasteiger partial charge in [-0.2, -0.15) is 0 Å². The Morgan fingerprint density at radius 3 is 2.83 bits per heavy atom. The van der Waals surface area contributed by atoms with Crippen LogP contribution in [0.25, 0.3) is 27.9 Å². The molecule has 1 saturated carbocycles. The Morgan fingerprint density at radius 2 is 2.07 bits per heavy atom. The summed E-state index contributed by atoms with van der Waals surface area (Å²) in [5.41, 5.74) is 5.29. The number of hydrogen-bond donors (Lipinski definition) is 2. The highest BCUT2D eigenvalue weighted by Gasteiger charge is 2.48. The number of imidazole rings is 1. The minimum Gasteiger partial charge on any atom is -0.350 e. The van der Waals surface area contributed by atoms with Gasteiger partial charge in [-0.15, -0.1) is 5.10 Å². The lowest BCUT2D eigenvalue weighted by molar-refractivity contribution is 0.0467. The second kappa shape index (κ2) is 6.00. The molecule has 0 bridgehead atoms. The first kappa shape index (κ1) is 16.9. The third kappa shape index (κ3) is 2.55. The monoisotopic (exact) mass is 388 g/mol. The summed E-state index contributed by atoms with van der Waals surface area (Å²) in [7, 11) is 0. The zero-order valence-electron chi connectivity index (χ0n) is 16.7. The van der Waals surface area contributed by atoms with E-state index in [-0.39, 0.29) is 0 Å². The van der Waals surface area contributed by atoms with Gasteiger partial charge >= 0.3 is 0 Å². The van der Waals surface area contributed by atoms with Crippen LogP contribution >= 0.6 is 0 Å². The molecule has 148 valence electrons. The number of aryl methyl sites for hydroxylation is 2. The van der Waals surface area contributed by atoms with E-state index in [9.17, 15) is 0 Å². The van der Waals surface area contributed by atoms with E-state index in [0.29, 0.717) is 17.4 Å². The minimum absolute atomic E-state index is 0.478. The zero-order chi connectivity index (χ0) is 19.6. The summed E-state index contributed by atoms with van der Waals surface area (Å²) in [4.78, 5) is 14.1. The van der Waals surface area contributed by atoms with E-state index in [2.05, 4.69) is 43.3 Å². The van der Waals surface area contributed by atoms with Crippen LogP contribution in [0.15, 0.2) is 30.6 Å². The minimum atomic E-state index is 0.478. The molecule has 1 saturated heterocycles. The molecule has 6 rings (SSSR count). The maximum Gasteiger partial charge on any atom is 0.241 e. The summed E-state index contributed by atoms with van der Waals surface area (Å²) in [5, 5.41) is 11.5. The Hall–Kier alpha value is -3.00. The number of nitrogens with zero attached hydrogens (tertiary/aromatic N) is 6. The first-order valence-corrected chi connectivity index (χ1v) is 10.3. The summed E-state index contributed by atoms with van der Waals surface area (Å²) in [6, 6.07) is 6.60. The molecule has 0 unspecified atom stereocenters. The number of aromatic nitrogens is 6. The fourth-order valence-corrected chi connectivity index (χ4v) is 4.86. The van der Waals surface area contributed by atoms with Crippen molar-refractivity contribution in [3.63, 3.8) is 0 Å². The van der Waals surface area contributed by atoms with Gasteiger partial charge < -0.3 is 15.2 Å². The maximum atomic E-state index is 4.89. The quantitative estimate of drug-likeness (QED) is 0.559. The molecule has 0 radical (unpaired) electrons. The van der Waals surface area contributed by atoms with Gasteiger partial charge in [0.15, 0.2) is 5.65 Å². The Labute approximate surface area is 168 Å². The highest BCUT2D eigenvalue weighted by molar-refractivity contribution is 5.82. The van der Waals surface area contributed by atoms with Crippen LogP contribution in [0, 0.1) is 12.3 Å². The maximum absolute atomic E-state index is 4.89. The van der Waals surface area contributed by atoms with Gasteiger partial charge in [-0.05, 0) is 50.3 Å². The first-order valence-electron chi connectivity index (χ1n) is 10.3. The van der Waals surface area contributed by atoms with Crippen LogP contribution in [-0.4, -0.2) is 48.3 Å². The molecular formula is C21H24N8. The van der Waals surface area contributed by atoms with Crippen molar-refractivity contribution in [2.45, 2.75) is 39.3 Å². The second-order valence-corrected chi connectivity index (χ2v) is 8.44. The summed E-state index contributed by atoms with van der Waals surface area (Å²) in [6.45, 7) is 7.29. The van der Waals surface area contributed by atoms with Crippen LogP contribution in [0.4, 0.5) is 5.95 Å². The molecule has 2 aliphatic rings. The van der Waals surface area contributed by atoms with Crippen molar-refractivity contribution in [1.29, 1.82) is 0 Å². The van der Waals surface area contributed by atoms with E-state index >= 15 is 0 Å². The van der Waals surface area contributed by atoms with Crippen LogP contribution in [0.1, 0.15) is 25.6 Å².